The Labute approximate surface area is 107 Å². The van der Waals surface area contributed by atoms with E-state index in [0.29, 0.717) is 6.42 Å². The number of nitrogens with zero attached hydrogens (tertiary/aromatic N) is 2. The van der Waals surface area contributed by atoms with Crippen molar-refractivity contribution in [2.45, 2.75) is 19.5 Å². The molecule has 1 aromatic heterocycles. The Morgan fingerprint density at radius 2 is 2.11 bits per heavy atom. The minimum Gasteiger partial charge on any atom is -0.477 e. The quantitative estimate of drug-likeness (QED) is 0.862. The number of rotatable bonds is 5. The molecular weight excluding hydrogens is 263 g/mol. The normalized spacial score (nSPS) is 11.4. The van der Waals surface area contributed by atoms with Gasteiger partial charge in [-0.2, -0.15) is 13.2 Å². The first-order valence-corrected chi connectivity index (χ1v) is 5.56. The van der Waals surface area contributed by atoms with E-state index < -0.39 is 18.7 Å². The Balaban J connectivity index is 3.13. The van der Waals surface area contributed by atoms with Crippen LogP contribution in [-0.4, -0.2) is 35.3 Å². The summed E-state index contributed by atoms with van der Waals surface area (Å²) in [7, 11) is 0. The highest BCUT2D eigenvalue weighted by atomic mass is 19.4. The summed E-state index contributed by atoms with van der Waals surface area (Å²) in [4.78, 5) is 15.4. The molecule has 0 amide bonds. The molecule has 8 heteroatoms. The number of hydrogen-bond donors (Lipinski definition) is 2. The van der Waals surface area contributed by atoms with Crippen LogP contribution in [0.15, 0.2) is 12.1 Å². The summed E-state index contributed by atoms with van der Waals surface area (Å²) < 4.78 is 37.4. The van der Waals surface area contributed by atoms with E-state index in [1.165, 1.54) is 6.07 Å². The number of carbonyl (C=O) groups is 1. The molecule has 0 radical (unpaired) electrons. The van der Waals surface area contributed by atoms with Gasteiger partial charge in [-0.25, -0.2) is 9.78 Å². The number of aromatic nitrogens is 1. The summed E-state index contributed by atoms with van der Waals surface area (Å²) in [6.45, 7) is 0.571. The fourth-order valence-corrected chi connectivity index (χ4v) is 1.58. The Hall–Kier alpha value is -1.99. The third-order valence-electron chi connectivity index (χ3n) is 2.29. The number of hydrogen-bond acceptors (Lipinski definition) is 4. The molecule has 1 aromatic rings. The van der Waals surface area contributed by atoms with Crippen LogP contribution in [0.25, 0.3) is 0 Å². The number of halogens is 3. The highest BCUT2D eigenvalue weighted by Crippen LogP contribution is 2.25. The second-order valence-corrected chi connectivity index (χ2v) is 3.95. The van der Waals surface area contributed by atoms with Gasteiger partial charge in [0, 0.05) is 6.54 Å². The topological polar surface area (TPSA) is 79.5 Å². The number of alkyl halides is 3. The van der Waals surface area contributed by atoms with Crippen molar-refractivity contribution in [1.29, 1.82) is 0 Å². The van der Waals surface area contributed by atoms with Crippen molar-refractivity contribution in [3.63, 3.8) is 0 Å². The largest absolute Gasteiger partial charge is 0.477 e. The molecule has 106 valence electrons. The summed E-state index contributed by atoms with van der Waals surface area (Å²) in [5.41, 5.74) is 5.25. The van der Waals surface area contributed by atoms with Gasteiger partial charge in [0.15, 0.2) is 11.5 Å². The second kappa shape index (κ2) is 5.77. The molecule has 0 aliphatic heterocycles. The van der Waals surface area contributed by atoms with Gasteiger partial charge in [-0.3, -0.25) is 0 Å². The average Bonchev–Trinajstić information content (AvgIpc) is 2.27. The summed E-state index contributed by atoms with van der Waals surface area (Å²) in [5, 5.41) is 8.80. The zero-order chi connectivity index (χ0) is 14.6. The smallest absolute Gasteiger partial charge is 0.405 e. The van der Waals surface area contributed by atoms with Gasteiger partial charge >= 0.3 is 12.1 Å². The number of anilines is 2. The van der Waals surface area contributed by atoms with E-state index in [1.54, 1.807) is 6.92 Å². The lowest BCUT2D eigenvalue weighted by atomic mass is 10.3. The van der Waals surface area contributed by atoms with Crippen molar-refractivity contribution >= 4 is 17.5 Å². The molecule has 0 aromatic carbocycles. The molecule has 0 aliphatic rings. The summed E-state index contributed by atoms with van der Waals surface area (Å²) in [6.07, 6.45) is -3.96. The summed E-state index contributed by atoms with van der Waals surface area (Å²) in [6, 6.07) is 2.39. The number of carboxylic acids is 1. The predicted octanol–water partition coefficient (Wildman–Crippen LogP) is 2.14. The third-order valence-corrected chi connectivity index (χ3v) is 2.29. The van der Waals surface area contributed by atoms with Gasteiger partial charge in [-0.15, -0.1) is 0 Å². The Morgan fingerprint density at radius 1 is 1.47 bits per heavy atom. The van der Waals surface area contributed by atoms with Gasteiger partial charge in [0.25, 0.3) is 0 Å². The standard InChI is InChI=1S/C11H14F3N3O2/c1-2-5-17(6-11(12,13)14)9-7(15)3-4-8(16-9)10(18)19/h3-4H,2,5-6,15H2,1H3,(H,18,19). The van der Waals surface area contributed by atoms with Crippen molar-refractivity contribution in [2.24, 2.45) is 0 Å². The molecule has 0 saturated heterocycles. The zero-order valence-corrected chi connectivity index (χ0v) is 10.2. The van der Waals surface area contributed by atoms with Crippen LogP contribution in [0.4, 0.5) is 24.7 Å². The van der Waals surface area contributed by atoms with Crippen LogP contribution < -0.4 is 10.6 Å². The van der Waals surface area contributed by atoms with Crippen LogP contribution in [0.2, 0.25) is 0 Å². The van der Waals surface area contributed by atoms with Crippen LogP contribution in [0.1, 0.15) is 23.8 Å². The molecule has 5 nitrogen and oxygen atoms in total. The van der Waals surface area contributed by atoms with Gasteiger partial charge < -0.3 is 15.7 Å². The van der Waals surface area contributed by atoms with Gasteiger partial charge in [-0.05, 0) is 18.6 Å². The molecule has 1 rings (SSSR count). The molecule has 0 fully saturated rings. The number of nitrogens with two attached hydrogens (primary N) is 1. The van der Waals surface area contributed by atoms with E-state index in [0.717, 1.165) is 11.0 Å². The van der Waals surface area contributed by atoms with E-state index in [4.69, 9.17) is 10.8 Å². The lowest BCUT2D eigenvalue weighted by Gasteiger charge is -2.25. The first-order valence-electron chi connectivity index (χ1n) is 5.56. The lowest BCUT2D eigenvalue weighted by Crippen LogP contribution is -2.36. The molecule has 0 bridgehead atoms. The average molecular weight is 277 g/mol. The Kier molecular flexibility index (Phi) is 4.57. The minimum absolute atomic E-state index is 0.0164. The van der Waals surface area contributed by atoms with Crippen LogP contribution in [0.3, 0.4) is 0 Å². The van der Waals surface area contributed by atoms with Crippen LogP contribution in [-0.2, 0) is 0 Å². The van der Waals surface area contributed by atoms with E-state index in [2.05, 4.69) is 4.98 Å². The summed E-state index contributed by atoms with van der Waals surface area (Å²) >= 11 is 0. The SMILES string of the molecule is CCCN(CC(F)(F)F)c1nc(C(=O)O)ccc1N. The number of nitrogen functional groups attached to an aromatic ring is 1. The van der Waals surface area contributed by atoms with Crippen molar-refractivity contribution in [2.75, 3.05) is 23.7 Å². The van der Waals surface area contributed by atoms with Gasteiger partial charge in [-0.1, -0.05) is 6.92 Å². The molecule has 0 aliphatic carbocycles. The molecule has 0 unspecified atom stereocenters. The highest BCUT2D eigenvalue weighted by molar-refractivity contribution is 5.87. The van der Waals surface area contributed by atoms with Crippen molar-refractivity contribution in [3.8, 4) is 0 Å². The van der Waals surface area contributed by atoms with Crippen LogP contribution in [0, 0.1) is 0 Å². The molecule has 0 spiro atoms. The van der Waals surface area contributed by atoms with E-state index in [-0.39, 0.29) is 23.7 Å². The number of carboxylic acid groups (broad SMARTS) is 1. The van der Waals surface area contributed by atoms with E-state index in [1.807, 2.05) is 0 Å². The van der Waals surface area contributed by atoms with Gasteiger partial charge in [0.05, 0.1) is 5.69 Å². The maximum Gasteiger partial charge on any atom is 0.405 e. The molecule has 1 heterocycles. The van der Waals surface area contributed by atoms with Gasteiger partial charge in [0.1, 0.15) is 6.54 Å². The predicted molar refractivity (Wildman–Crippen MR) is 64.2 cm³/mol. The number of pyridine rings is 1. The number of aromatic carboxylic acids is 1. The molecule has 0 atom stereocenters. The van der Waals surface area contributed by atoms with Crippen molar-refractivity contribution in [1.82, 2.24) is 4.98 Å². The van der Waals surface area contributed by atoms with Crippen molar-refractivity contribution in [3.05, 3.63) is 17.8 Å². The second-order valence-electron chi connectivity index (χ2n) is 3.95. The minimum atomic E-state index is -4.41. The van der Waals surface area contributed by atoms with E-state index >= 15 is 0 Å². The van der Waals surface area contributed by atoms with Crippen LogP contribution in [0.5, 0.6) is 0 Å². The maximum atomic E-state index is 12.5. The van der Waals surface area contributed by atoms with Crippen molar-refractivity contribution < 1.29 is 23.1 Å². The van der Waals surface area contributed by atoms with Crippen LogP contribution >= 0.6 is 0 Å². The molecular formula is C11H14F3N3O2. The Bertz CT molecular complexity index is 463. The van der Waals surface area contributed by atoms with E-state index in [9.17, 15) is 18.0 Å². The summed E-state index contributed by atoms with van der Waals surface area (Å²) in [5.74, 6) is -1.47. The molecule has 0 saturated carbocycles. The fraction of sp³-hybridized carbons (Fsp3) is 0.455. The first-order chi connectivity index (χ1) is 8.74. The highest BCUT2D eigenvalue weighted by Gasteiger charge is 2.32. The molecule has 3 N–H and O–H groups in total. The maximum absolute atomic E-state index is 12.5. The zero-order valence-electron chi connectivity index (χ0n) is 10.2. The fourth-order valence-electron chi connectivity index (χ4n) is 1.58. The van der Waals surface area contributed by atoms with Gasteiger partial charge in [0.2, 0.25) is 0 Å². The third kappa shape index (κ3) is 4.31. The Morgan fingerprint density at radius 3 is 2.58 bits per heavy atom. The first kappa shape index (κ1) is 15.1. The lowest BCUT2D eigenvalue weighted by molar-refractivity contribution is -0.119. The molecule has 19 heavy (non-hydrogen) atoms. The monoisotopic (exact) mass is 277 g/mol.